The van der Waals surface area contributed by atoms with Crippen LogP contribution in [-0.2, 0) is 9.53 Å². The van der Waals surface area contributed by atoms with Crippen LogP contribution in [0.15, 0.2) is 24.3 Å². The second-order valence-electron chi connectivity index (χ2n) is 3.97. The molecule has 2 amide bonds. The zero-order valence-electron chi connectivity index (χ0n) is 10.2. The monoisotopic (exact) mass is 247 g/mol. The molecule has 0 fully saturated rings. The third-order valence-electron chi connectivity index (χ3n) is 3.00. The molecule has 1 atom stereocenters. The molecule has 1 aromatic carbocycles. The zero-order valence-corrected chi connectivity index (χ0v) is 10.2. The first-order valence-corrected chi connectivity index (χ1v) is 5.66. The van der Waals surface area contributed by atoms with E-state index in [-0.39, 0.29) is 0 Å². The standard InChI is InChI=1S/C13H13NO4/c1-3-10(13(17)18-2)14-11(15)8-6-4-5-7-9(8)12(14)16/h4-7,10H,3H2,1-2H3. The SMILES string of the molecule is CCC(C(=O)OC)N1C(=O)c2ccccc2C1=O. The van der Waals surface area contributed by atoms with E-state index in [1.54, 1.807) is 31.2 Å². The molecular formula is C13H13NO4. The van der Waals surface area contributed by atoms with Crippen molar-refractivity contribution >= 4 is 17.8 Å². The highest BCUT2D eigenvalue weighted by Gasteiger charge is 2.42. The Morgan fingerprint density at radius 1 is 1.22 bits per heavy atom. The van der Waals surface area contributed by atoms with Crippen LogP contribution in [0.1, 0.15) is 34.1 Å². The summed E-state index contributed by atoms with van der Waals surface area (Å²) < 4.78 is 4.63. The zero-order chi connectivity index (χ0) is 13.3. The fourth-order valence-electron chi connectivity index (χ4n) is 2.08. The van der Waals surface area contributed by atoms with Crippen molar-refractivity contribution in [2.24, 2.45) is 0 Å². The van der Waals surface area contributed by atoms with E-state index in [0.717, 1.165) is 4.90 Å². The molecule has 1 heterocycles. The maximum Gasteiger partial charge on any atom is 0.329 e. The number of benzene rings is 1. The number of ether oxygens (including phenoxy) is 1. The predicted molar refractivity (Wildman–Crippen MR) is 63.0 cm³/mol. The molecule has 0 saturated heterocycles. The Bertz CT molecular complexity index is 488. The fraction of sp³-hybridized carbons (Fsp3) is 0.308. The molecule has 2 rings (SSSR count). The van der Waals surface area contributed by atoms with Crippen LogP contribution >= 0.6 is 0 Å². The van der Waals surface area contributed by atoms with Gasteiger partial charge in [-0.1, -0.05) is 19.1 Å². The summed E-state index contributed by atoms with van der Waals surface area (Å²) in [5.41, 5.74) is 0.676. The largest absolute Gasteiger partial charge is 0.467 e. The summed E-state index contributed by atoms with van der Waals surface area (Å²) in [6, 6.07) is 5.68. The number of nitrogens with zero attached hydrogens (tertiary/aromatic N) is 1. The lowest BCUT2D eigenvalue weighted by molar-refractivity contribution is -0.145. The summed E-state index contributed by atoms with van der Waals surface area (Å²) in [7, 11) is 1.24. The van der Waals surface area contributed by atoms with E-state index in [2.05, 4.69) is 4.74 Å². The minimum atomic E-state index is -0.859. The number of amides is 2. The van der Waals surface area contributed by atoms with Crippen LogP contribution in [0.5, 0.6) is 0 Å². The molecule has 0 aromatic heterocycles. The molecule has 5 heteroatoms. The van der Waals surface area contributed by atoms with E-state index in [1.807, 2.05) is 0 Å². The van der Waals surface area contributed by atoms with Gasteiger partial charge in [0.25, 0.3) is 11.8 Å². The molecule has 0 bridgehead atoms. The molecule has 1 aromatic rings. The highest BCUT2D eigenvalue weighted by Crippen LogP contribution is 2.25. The van der Waals surface area contributed by atoms with Crippen molar-refractivity contribution in [2.75, 3.05) is 7.11 Å². The first-order valence-electron chi connectivity index (χ1n) is 5.66. The Morgan fingerprint density at radius 2 is 1.72 bits per heavy atom. The minimum absolute atomic E-state index is 0.331. The van der Waals surface area contributed by atoms with Gasteiger partial charge in [-0.05, 0) is 18.6 Å². The molecule has 94 valence electrons. The molecule has 18 heavy (non-hydrogen) atoms. The quantitative estimate of drug-likeness (QED) is 0.595. The maximum atomic E-state index is 12.1. The number of hydrogen-bond donors (Lipinski definition) is 0. The van der Waals surface area contributed by atoms with Gasteiger partial charge in [0.05, 0.1) is 18.2 Å². The average Bonchev–Trinajstić information content (AvgIpc) is 2.65. The van der Waals surface area contributed by atoms with E-state index < -0.39 is 23.8 Å². The maximum absolute atomic E-state index is 12.1. The molecule has 0 spiro atoms. The van der Waals surface area contributed by atoms with E-state index in [1.165, 1.54) is 7.11 Å². The molecule has 0 N–H and O–H groups in total. The number of carbonyl (C=O) groups is 3. The lowest BCUT2D eigenvalue weighted by atomic mass is 10.1. The molecule has 5 nitrogen and oxygen atoms in total. The third-order valence-corrected chi connectivity index (χ3v) is 3.00. The summed E-state index contributed by atoms with van der Waals surface area (Å²) in [6.45, 7) is 1.73. The Labute approximate surface area is 104 Å². The van der Waals surface area contributed by atoms with Crippen LogP contribution in [0.25, 0.3) is 0 Å². The second-order valence-corrected chi connectivity index (χ2v) is 3.97. The van der Waals surface area contributed by atoms with Crippen molar-refractivity contribution in [1.29, 1.82) is 0 Å². The fourth-order valence-corrected chi connectivity index (χ4v) is 2.08. The van der Waals surface area contributed by atoms with E-state index in [9.17, 15) is 14.4 Å². The van der Waals surface area contributed by atoms with Crippen LogP contribution < -0.4 is 0 Å². The van der Waals surface area contributed by atoms with E-state index in [0.29, 0.717) is 17.5 Å². The van der Waals surface area contributed by atoms with Crippen LogP contribution in [0.2, 0.25) is 0 Å². The summed E-state index contributed by atoms with van der Waals surface area (Å²) >= 11 is 0. The van der Waals surface area contributed by atoms with Gasteiger partial charge in [0, 0.05) is 0 Å². The molecule has 1 unspecified atom stereocenters. The Hall–Kier alpha value is -2.17. The van der Waals surface area contributed by atoms with Crippen molar-refractivity contribution < 1.29 is 19.1 Å². The second kappa shape index (κ2) is 4.60. The summed E-state index contributed by atoms with van der Waals surface area (Å²) in [6.07, 6.45) is 0.331. The summed E-state index contributed by atoms with van der Waals surface area (Å²) in [4.78, 5) is 36.8. The average molecular weight is 247 g/mol. The van der Waals surface area contributed by atoms with Crippen molar-refractivity contribution in [3.05, 3.63) is 35.4 Å². The van der Waals surface area contributed by atoms with Crippen molar-refractivity contribution in [2.45, 2.75) is 19.4 Å². The normalized spacial score (nSPS) is 15.6. The van der Waals surface area contributed by atoms with Crippen LogP contribution in [0.4, 0.5) is 0 Å². The number of esters is 1. The van der Waals surface area contributed by atoms with Gasteiger partial charge in [-0.15, -0.1) is 0 Å². The van der Waals surface area contributed by atoms with Gasteiger partial charge in [-0.2, -0.15) is 0 Å². The van der Waals surface area contributed by atoms with Gasteiger partial charge in [0.15, 0.2) is 0 Å². The number of methoxy groups -OCH3 is 1. The van der Waals surface area contributed by atoms with Crippen LogP contribution in [0.3, 0.4) is 0 Å². The molecule has 1 aliphatic rings. The topological polar surface area (TPSA) is 63.7 Å². The lowest BCUT2D eigenvalue weighted by Gasteiger charge is -2.22. The minimum Gasteiger partial charge on any atom is -0.467 e. The van der Waals surface area contributed by atoms with E-state index >= 15 is 0 Å². The van der Waals surface area contributed by atoms with Gasteiger partial charge in [0.1, 0.15) is 6.04 Å². The third kappa shape index (κ3) is 1.68. The Morgan fingerprint density at radius 3 is 2.11 bits per heavy atom. The van der Waals surface area contributed by atoms with Gasteiger partial charge >= 0.3 is 5.97 Å². The Balaban J connectivity index is 2.41. The Kier molecular flexibility index (Phi) is 3.14. The van der Waals surface area contributed by atoms with E-state index in [4.69, 9.17) is 0 Å². The van der Waals surface area contributed by atoms with Gasteiger partial charge in [0.2, 0.25) is 0 Å². The van der Waals surface area contributed by atoms with Crippen molar-refractivity contribution in [3.63, 3.8) is 0 Å². The predicted octanol–water partition coefficient (Wildman–Crippen LogP) is 1.23. The van der Waals surface area contributed by atoms with Crippen molar-refractivity contribution in [3.8, 4) is 0 Å². The summed E-state index contributed by atoms with van der Waals surface area (Å²) in [5, 5.41) is 0. The lowest BCUT2D eigenvalue weighted by Crippen LogP contribution is -2.45. The first kappa shape index (κ1) is 12.3. The number of carbonyl (C=O) groups excluding carboxylic acids is 3. The molecule has 0 aliphatic carbocycles. The molecule has 0 saturated carbocycles. The smallest absolute Gasteiger partial charge is 0.329 e. The number of rotatable bonds is 3. The number of hydrogen-bond acceptors (Lipinski definition) is 4. The summed E-state index contributed by atoms with van der Waals surface area (Å²) in [5.74, 6) is -1.45. The number of fused-ring (bicyclic) bond motifs is 1. The highest BCUT2D eigenvalue weighted by atomic mass is 16.5. The van der Waals surface area contributed by atoms with Crippen molar-refractivity contribution in [1.82, 2.24) is 4.90 Å². The molecule has 1 aliphatic heterocycles. The molecular weight excluding hydrogens is 234 g/mol. The molecule has 0 radical (unpaired) electrons. The highest BCUT2D eigenvalue weighted by molar-refractivity contribution is 6.22. The van der Waals surface area contributed by atoms with Crippen LogP contribution in [-0.4, -0.2) is 35.8 Å². The van der Waals surface area contributed by atoms with Gasteiger partial charge in [-0.25, -0.2) is 4.79 Å². The van der Waals surface area contributed by atoms with Crippen LogP contribution in [0, 0.1) is 0 Å². The first-order chi connectivity index (χ1) is 8.61. The number of imide groups is 1. The van der Waals surface area contributed by atoms with Gasteiger partial charge in [-0.3, -0.25) is 14.5 Å². The van der Waals surface area contributed by atoms with Gasteiger partial charge < -0.3 is 4.74 Å².